The molecule has 0 aliphatic carbocycles. The molecule has 240 valence electrons. The van der Waals surface area contributed by atoms with E-state index in [2.05, 4.69) is 37.9 Å². The lowest BCUT2D eigenvalue weighted by Crippen LogP contribution is -2.19. The molecule has 8 heteroatoms. The van der Waals surface area contributed by atoms with Crippen LogP contribution in [-0.4, -0.2) is 43.8 Å². The van der Waals surface area contributed by atoms with E-state index in [1.807, 2.05) is 48.6 Å². The summed E-state index contributed by atoms with van der Waals surface area (Å²) in [6.45, 7) is 8.62. The molecule has 44 heavy (non-hydrogen) atoms. The highest BCUT2D eigenvalue weighted by Gasteiger charge is 2.24. The third-order valence-electron chi connectivity index (χ3n) is 7.91. The number of hydrogen-bond donors (Lipinski definition) is 2. The second-order valence-electron chi connectivity index (χ2n) is 12.8. The zero-order chi connectivity index (χ0) is 32.0. The van der Waals surface area contributed by atoms with Crippen LogP contribution in [0.2, 0.25) is 0 Å². The van der Waals surface area contributed by atoms with Gasteiger partial charge in [0.05, 0.1) is 18.9 Å². The molecule has 8 nitrogen and oxygen atoms in total. The summed E-state index contributed by atoms with van der Waals surface area (Å²) in [6.07, 6.45) is 15.9. The third-order valence-corrected chi connectivity index (χ3v) is 7.91. The van der Waals surface area contributed by atoms with E-state index in [1.165, 1.54) is 43.3 Å². The first-order chi connectivity index (χ1) is 21.1. The number of esters is 1. The second-order valence-corrected chi connectivity index (χ2v) is 12.8. The molecule has 0 bridgehead atoms. The summed E-state index contributed by atoms with van der Waals surface area (Å²) in [5.74, 6) is -2.06. The molecule has 1 heterocycles. The number of aliphatic carboxylic acids is 1. The van der Waals surface area contributed by atoms with Crippen LogP contribution in [0, 0.1) is 5.92 Å². The lowest BCUT2D eigenvalue weighted by Gasteiger charge is -2.23. The number of carbonyl (C=O) groups is 2. The van der Waals surface area contributed by atoms with Gasteiger partial charge in [-0.2, -0.15) is 0 Å². The summed E-state index contributed by atoms with van der Waals surface area (Å²) in [5.41, 5.74) is 3.59. The number of aromatic hydroxyl groups is 1. The number of carboxylic acids is 1. The average molecular weight is 606 g/mol. The van der Waals surface area contributed by atoms with Gasteiger partial charge in [0.25, 0.3) is 0 Å². The molecule has 0 radical (unpaired) electrons. The quantitative estimate of drug-likeness (QED) is 0.0800. The van der Waals surface area contributed by atoms with Crippen molar-refractivity contribution in [2.45, 2.75) is 117 Å². The van der Waals surface area contributed by atoms with Gasteiger partial charge in [-0.1, -0.05) is 96.6 Å². The van der Waals surface area contributed by atoms with Gasteiger partial charge in [0, 0.05) is 5.56 Å². The van der Waals surface area contributed by atoms with Gasteiger partial charge in [-0.05, 0) is 67.7 Å². The number of aryl methyl sites for hydroxylation is 1. The number of aromatic nitrogens is 3. The number of phenolic OH excluding ortho intramolecular Hbond substituents is 1. The summed E-state index contributed by atoms with van der Waals surface area (Å²) < 4.78 is 5.39. The number of nitrogens with zero attached hydrogens (tertiary/aromatic N) is 3. The molecule has 1 atom stereocenters. The van der Waals surface area contributed by atoms with E-state index in [-0.39, 0.29) is 24.2 Å². The van der Waals surface area contributed by atoms with Crippen LogP contribution in [0.4, 0.5) is 0 Å². The molecular formula is C36H51N3O5. The lowest BCUT2D eigenvalue weighted by molar-refractivity contribution is -0.151. The Morgan fingerprint density at radius 2 is 1.59 bits per heavy atom. The first kappa shape index (κ1) is 34.8. The Kier molecular flexibility index (Phi) is 13.9. The fourth-order valence-corrected chi connectivity index (χ4v) is 5.26. The van der Waals surface area contributed by atoms with Crippen molar-refractivity contribution >= 4 is 23.0 Å². The molecule has 0 saturated carbocycles. The normalized spacial score (nSPS) is 12.6. The fourth-order valence-electron chi connectivity index (χ4n) is 5.26. The van der Waals surface area contributed by atoms with Gasteiger partial charge in [0.2, 0.25) is 0 Å². The van der Waals surface area contributed by atoms with Gasteiger partial charge >= 0.3 is 11.9 Å². The van der Waals surface area contributed by atoms with Gasteiger partial charge in [-0.3, -0.25) is 9.59 Å². The number of hydrogen-bond acceptors (Lipinski definition) is 6. The number of fused-ring (bicyclic) bond motifs is 1. The Labute approximate surface area is 262 Å². The number of allylic oxidation sites excluding steroid dienone is 2. The fraction of sp³-hybridized carbons (Fsp3) is 0.556. The molecule has 0 amide bonds. The van der Waals surface area contributed by atoms with E-state index in [0.29, 0.717) is 18.5 Å². The van der Waals surface area contributed by atoms with Crippen LogP contribution < -0.4 is 0 Å². The maximum absolute atomic E-state index is 12.4. The largest absolute Gasteiger partial charge is 0.505 e. The topological polar surface area (TPSA) is 115 Å². The minimum atomic E-state index is -0.972. The lowest BCUT2D eigenvalue weighted by atomic mass is 9.84. The Bertz CT molecular complexity index is 1340. The van der Waals surface area contributed by atoms with Crippen molar-refractivity contribution in [3.8, 4) is 11.4 Å². The molecular weight excluding hydrogens is 554 g/mol. The zero-order valence-corrected chi connectivity index (χ0v) is 27.1. The summed E-state index contributed by atoms with van der Waals surface area (Å²) in [5, 5.41) is 29.8. The smallest absolute Gasteiger partial charge is 0.307 e. The van der Waals surface area contributed by atoms with Gasteiger partial charge < -0.3 is 14.9 Å². The minimum Gasteiger partial charge on any atom is -0.505 e. The van der Waals surface area contributed by atoms with Gasteiger partial charge in [0.15, 0.2) is 0 Å². The number of carboxylic acid groups (broad SMARTS) is 1. The van der Waals surface area contributed by atoms with E-state index in [4.69, 9.17) is 4.74 Å². The monoisotopic (exact) mass is 605 g/mol. The highest BCUT2D eigenvalue weighted by atomic mass is 16.5. The molecule has 0 saturated heterocycles. The molecule has 2 aromatic carbocycles. The van der Waals surface area contributed by atoms with Gasteiger partial charge in [-0.15, -0.1) is 15.0 Å². The van der Waals surface area contributed by atoms with Crippen molar-refractivity contribution < 1.29 is 24.5 Å². The van der Waals surface area contributed by atoms with Crippen molar-refractivity contribution in [3.63, 3.8) is 0 Å². The molecule has 2 N–H and O–H groups in total. The molecule has 0 aliphatic rings. The SMILES string of the molecule is CCCCCCCCC/C=C/CC(CC(=O)OCCCCc1cc(-n2nc3ccccc3n2)c(O)c(C(C)(C)C)c1)C(=O)O. The summed E-state index contributed by atoms with van der Waals surface area (Å²) in [6, 6.07) is 11.5. The van der Waals surface area contributed by atoms with Crippen molar-refractivity contribution in [2.24, 2.45) is 5.92 Å². The van der Waals surface area contributed by atoms with Crippen LogP contribution in [0.3, 0.4) is 0 Å². The van der Waals surface area contributed by atoms with Crippen LogP contribution >= 0.6 is 0 Å². The molecule has 3 rings (SSSR count). The average Bonchev–Trinajstić information content (AvgIpc) is 3.41. The van der Waals surface area contributed by atoms with E-state index >= 15 is 0 Å². The van der Waals surface area contributed by atoms with Gasteiger partial charge in [0.1, 0.15) is 22.5 Å². The highest BCUT2D eigenvalue weighted by molar-refractivity contribution is 5.79. The van der Waals surface area contributed by atoms with Crippen LogP contribution in [0.1, 0.15) is 116 Å². The van der Waals surface area contributed by atoms with Crippen LogP contribution in [0.5, 0.6) is 5.75 Å². The van der Waals surface area contributed by atoms with E-state index in [1.54, 1.807) is 0 Å². The zero-order valence-electron chi connectivity index (χ0n) is 27.1. The number of carbonyl (C=O) groups excluding carboxylic acids is 1. The number of ether oxygens (including phenoxy) is 1. The van der Waals surface area contributed by atoms with Crippen LogP contribution in [-0.2, 0) is 26.2 Å². The van der Waals surface area contributed by atoms with Crippen LogP contribution in [0.25, 0.3) is 16.7 Å². The van der Waals surface area contributed by atoms with Crippen LogP contribution in [0.15, 0.2) is 48.6 Å². The first-order valence-corrected chi connectivity index (χ1v) is 16.3. The third kappa shape index (κ3) is 11.1. The Morgan fingerprint density at radius 1 is 0.932 bits per heavy atom. The second kappa shape index (κ2) is 17.6. The first-order valence-electron chi connectivity index (χ1n) is 16.3. The van der Waals surface area contributed by atoms with Crippen molar-refractivity contribution in [1.82, 2.24) is 15.0 Å². The highest BCUT2D eigenvalue weighted by Crippen LogP contribution is 2.36. The molecule has 0 fully saturated rings. The predicted octanol–water partition coefficient (Wildman–Crippen LogP) is 8.47. The Morgan fingerprint density at radius 3 is 2.23 bits per heavy atom. The van der Waals surface area contributed by atoms with Crippen molar-refractivity contribution in [3.05, 3.63) is 59.7 Å². The van der Waals surface area contributed by atoms with Crippen molar-refractivity contribution in [1.29, 1.82) is 0 Å². The molecule has 0 spiro atoms. The Hall–Kier alpha value is -3.68. The summed E-state index contributed by atoms with van der Waals surface area (Å²) in [4.78, 5) is 25.6. The van der Waals surface area contributed by atoms with E-state index in [0.717, 1.165) is 47.8 Å². The Balaban J connectivity index is 1.45. The maximum Gasteiger partial charge on any atom is 0.307 e. The van der Waals surface area contributed by atoms with E-state index in [9.17, 15) is 19.8 Å². The molecule has 0 aliphatic heterocycles. The molecule has 1 unspecified atom stereocenters. The summed E-state index contributed by atoms with van der Waals surface area (Å²) in [7, 11) is 0. The summed E-state index contributed by atoms with van der Waals surface area (Å²) >= 11 is 0. The minimum absolute atomic E-state index is 0.126. The predicted molar refractivity (Wildman–Crippen MR) is 175 cm³/mol. The van der Waals surface area contributed by atoms with E-state index < -0.39 is 17.9 Å². The maximum atomic E-state index is 12.4. The molecule has 3 aromatic rings. The standard InChI is InChI=1S/C36H51N3O5/c1-5-6-7-8-9-10-11-12-13-14-20-28(35(42)43)26-33(40)44-23-18-17-19-27-24-29(36(2,3)4)34(41)32(25-27)39-37-30-21-15-16-22-31(30)38-39/h13-16,21-22,24-25,28,41H,5-12,17-20,23,26H2,1-4H3,(H,42,43)/b14-13+. The number of benzene rings is 2. The number of unbranched alkanes of at least 4 members (excludes halogenated alkanes) is 8. The molecule has 1 aromatic heterocycles. The number of phenols is 1. The van der Waals surface area contributed by atoms with Gasteiger partial charge in [-0.25, -0.2) is 0 Å². The van der Waals surface area contributed by atoms with Crippen molar-refractivity contribution in [2.75, 3.05) is 6.61 Å². The number of rotatable bonds is 19.